The smallest absolute Gasteiger partial charge is 0.124 e. The highest BCUT2D eigenvalue weighted by molar-refractivity contribution is 5.43. The van der Waals surface area contributed by atoms with Crippen molar-refractivity contribution < 1.29 is 9.47 Å². The number of hydrogen-bond donors (Lipinski definition) is 1. The van der Waals surface area contributed by atoms with E-state index in [1.54, 1.807) is 7.11 Å². The van der Waals surface area contributed by atoms with Crippen LogP contribution in [0.25, 0.3) is 0 Å². The molecule has 94 valence electrons. The van der Waals surface area contributed by atoms with Crippen LogP contribution < -0.4 is 10.1 Å². The molecule has 0 amide bonds. The van der Waals surface area contributed by atoms with Gasteiger partial charge in [-0.1, -0.05) is 6.07 Å². The van der Waals surface area contributed by atoms with Gasteiger partial charge in [0, 0.05) is 12.1 Å². The summed E-state index contributed by atoms with van der Waals surface area (Å²) in [5.41, 5.74) is 3.75. The van der Waals surface area contributed by atoms with Gasteiger partial charge < -0.3 is 14.8 Å². The zero-order valence-corrected chi connectivity index (χ0v) is 11.0. The van der Waals surface area contributed by atoms with Crippen LogP contribution in [0.15, 0.2) is 12.1 Å². The molecule has 2 atom stereocenters. The molecular formula is C14H21NO2. The molecule has 1 aromatic rings. The van der Waals surface area contributed by atoms with Gasteiger partial charge in [0.1, 0.15) is 5.75 Å². The fourth-order valence-electron chi connectivity index (χ4n) is 2.15. The normalized spacial score (nSPS) is 24.7. The summed E-state index contributed by atoms with van der Waals surface area (Å²) in [4.78, 5) is 0. The third-order valence-electron chi connectivity index (χ3n) is 3.42. The average molecular weight is 235 g/mol. The van der Waals surface area contributed by atoms with Gasteiger partial charge in [0.25, 0.3) is 0 Å². The van der Waals surface area contributed by atoms with Gasteiger partial charge in [0.2, 0.25) is 0 Å². The topological polar surface area (TPSA) is 30.5 Å². The molecule has 0 aromatic heterocycles. The minimum absolute atomic E-state index is 0.237. The van der Waals surface area contributed by atoms with E-state index in [2.05, 4.69) is 38.2 Å². The van der Waals surface area contributed by atoms with E-state index < -0.39 is 0 Å². The molecule has 3 nitrogen and oxygen atoms in total. The molecule has 0 radical (unpaired) electrons. The molecule has 0 saturated carbocycles. The van der Waals surface area contributed by atoms with Gasteiger partial charge in [-0.25, -0.2) is 0 Å². The van der Waals surface area contributed by atoms with Crippen LogP contribution >= 0.6 is 0 Å². The van der Waals surface area contributed by atoms with Crippen molar-refractivity contribution in [3.63, 3.8) is 0 Å². The first kappa shape index (κ1) is 12.4. The van der Waals surface area contributed by atoms with Crippen molar-refractivity contribution in [2.45, 2.75) is 32.9 Å². The highest BCUT2D eigenvalue weighted by Gasteiger charge is 2.22. The quantitative estimate of drug-likeness (QED) is 0.853. The Balaban J connectivity index is 2.27. The summed E-state index contributed by atoms with van der Waals surface area (Å²) >= 11 is 0. The van der Waals surface area contributed by atoms with E-state index in [1.165, 1.54) is 16.7 Å². The van der Waals surface area contributed by atoms with Crippen LogP contribution in [0.2, 0.25) is 0 Å². The maximum Gasteiger partial charge on any atom is 0.124 e. The molecule has 1 heterocycles. The molecule has 0 bridgehead atoms. The van der Waals surface area contributed by atoms with Crippen LogP contribution in [0.3, 0.4) is 0 Å². The number of methoxy groups -OCH3 is 1. The lowest BCUT2D eigenvalue weighted by Crippen LogP contribution is -2.39. The van der Waals surface area contributed by atoms with Crippen LogP contribution in [0.1, 0.15) is 29.7 Å². The summed E-state index contributed by atoms with van der Waals surface area (Å²) in [5, 5.41) is 3.50. The molecule has 1 aromatic carbocycles. The fraction of sp³-hybridized carbons (Fsp3) is 0.571. The monoisotopic (exact) mass is 235 g/mol. The second kappa shape index (κ2) is 5.07. The Morgan fingerprint density at radius 3 is 2.59 bits per heavy atom. The maximum atomic E-state index is 5.70. The Kier molecular flexibility index (Phi) is 3.69. The van der Waals surface area contributed by atoms with Crippen molar-refractivity contribution in [3.8, 4) is 5.75 Å². The molecule has 3 heteroatoms. The van der Waals surface area contributed by atoms with Gasteiger partial charge in [0.05, 0.1) is 25.9 Å². The van der Waals surface area contributed by atoms with Crippen molar-refractivity contribution in [1.29, 1.82) is 0 Å². The Morgan fingerprint density at radius 1 is 1.29 bits per heavy atom. The van der Waals surface area contributed by atoms with E-state index in [0.29, 0.717) is 12.7 Å². The van der Waals surface area contributed by atoms with E-state index >= 15 is 0 Å². The molecule has 1 N–H and O–H groups in total. The fourth-order valence-corrected chi connectivity index (χ4v) is 2.15. The van der Waals surface area contributed by atoms with E-state index in [0.717, 1.165) is 12.3 Å². The van der Waals surface area contributed by atoms with Crippen molar-refractivity contribution in [2.75, 3.05) is 20.3 Å². The van der Waals surface area contributed by atoms with Crippen LogP contribution in [-0.2, 0) is 4.74 Å². The minimum atomic E-state index is 0.237. The Morgan fingerprint density at radius 2 is 2.00 bits per heavy atom. The van der Waals surface area contributed by atoms with Crippen LogP contribution in [0.4, 0.5) is 0 Å². The van der Waals surface area contributed by atoms with Crippen molar-refractivity contribution in [1.82, 2.24) is 5.32 Å². The zero-order valence-electron chi connectivity index (χ0n) is 11.0. The molecule has 1 aliphatic rings. The van der Waals surface area contributed by atoms with Gasteiger partial charge in [-0.05, 0) is 38.0 Å². The molecule has 2 unspecified atom stereocenters. The second-order valence-corrected chi connectivity index (χ2v) is 4.78. The zero-order chi connectivity index (χ0) is 12.4. The van der Waals surface area contributed by atoms with E-state index in [4.69, 9.17) is 9.47 Å². The van der Waals surface area contributed by atoms with Crippen molar-refractivity contribution >= 4 is 0 Å². The average Bonchev–Trinajstić information content (AvgIpc) is 2.33. The molecule has 1 fully saturated rings. The standard InChI is InChI=1S/C14H21NO2/c1-9-5-12(14(16-4)6-10(9)2)13-8-17-11(3)7-15-13/h5-6,11,13,15H,7-8H2,1-4H3. The summed E-state index contributed by atoms with van der Waals surface area (Å²) in [7, 11) is 1.72. The lowest BCUT2D eigenvalue weighted by atomic mass is 9.99. The minimum Gasteiger partial charge on any atom is -0.496 e. The molecule has 1 aliphatic heterocycles. The summed E-state index contributed by atoms with van der Waals surface area (Å²) in [5.74, 6) is 0.948. The maximum absolute atomic E-state index is 5.70. The first-order valence-corrected chi connectivity index (χ1v) is 6.12. The first-order chi connectivity index (χ1) is 8.11. The number of ether oxygens (including phenoxy) is 2. The predicted molar refractivity (Wildman–Crippen MR) is 68.6 cm³/mol. The first-order valence-electron chi connectivity index (χ1n) is 6.12. The largest absolute Gasteiger partial charge is 0.496 e. The number of morpholine rings is 1. The summed E-state index contributed by atoms with van der Waals surface area (Å²) in [6, 6.07) is 4.54. The van der Waals surface area contributed by atoms with Gasteiger partial charge >= 0.3 is 0 Å². The van der Waals surface area contributed by atoms with Crippen LogP contribution in [0.5, 0.6) is 5.75 Å². The Bertz CT molecular complexity index is 395. The third-order valence-corrected chi connectivity index (χ3v) is 3.42. The SMILES string of the molecule is COc1cc(C)c(C)cc1C1COC(C)CN1. The van der Waals surface area contributed by atoms with Gasteiger partial charge in [-0.3, -0.25) is 0 Å². The predicted octanol–water partition coefficient (Wildman–Crippen LogP) is 2.36. The molecule has 0 spiro atoms. The molecule has 2 rings (SSSR count). The number of benzene rings is 1. The number of aryl methyl sites for hydroxylation is 2. The molecule has 0 aliphatic carbocycles. The number of nitrogens with one attached hydrogen (secondary N) is 1. The summed E-state index contributed by atoms with van der Waals surface area (Å²) in [6.07, 6.45) is 0.295. The molecule has 1 saturated heterocycles. The third kappa shape index (κ3) is 2.61. The Labute approximate surface area is 103 Å². The summed E-state index contributed by atoms with van der Waals surface area (Å²) < 4.78 is 11.2. The highest BCUT2D eigenvalue weighted by atomic mass is 16.5. The van der Waals surface area contributed by atoms with Crippen molar-refractivity contribution in [3.05, 3.63) is 28.8 Å². The second-order valence-electron chi connectivity index (χ2n) is 4.78. The lowest BCUT2D eigenvalue weighted by Gasteiger charge is -2.30. The van der Waals surface area contributed by atoms with Gasteiger partial charge in [-0.2, -0.15) is 0 Å². The van der Waals surface area contributed by atoms with Gasteiger partial charge in [0.15, 0.2) is 0 Å². The highest BCUT2D eigenvalue weighted by Crippen LogP contribution is 2.30. The van der Waals surface area contributed by atoms with Crippen LogP contribution in [-0.4, -0.2) is 26.4 Å². The van der Waals surface area contributed by atoms with Gasteiger partial charge in [-0.15, -0.1) is 0 Å². The van der Waals surface area contributed by atoms with E-state index in [9.17, 15) is 0 Å². The molecule has 17 heavy (non-hydrogen) atoms. The van der Waals surface area contributed by atoms with Crippen molar-refractivity contribution in [2.24, 2.45) is 0 Å². The number of hydrogen-bond acceptors (Lipinski definition) is 3. The molecular weight excluding hydrogens is 214 g/mol. The Hall–Kier alpha value is -1.06. The lowest BCUT2D eigenvalue weighted by molar-refractivity contribution is 0.0144. The number of rotatable bonds is 2. The summed E-state index contributed by atoms with van der Waals surface area (Å²) in [6.45, 7) is 7.92. The van der Waals surface area contributed by atoms with E-state index in [-0.39, 0.29) is 6.04 Å². The van der Waals surface area contributed by atoms with E-state index in [1.807, 2.05) is 0 Å². The van der Waals surface area contributed by atoms with Crippen LogP contribution in [0, 0.1) is 13.8 Å².